The molecule has 1 N–H and O–H groups in total. The summed E-state index contributed by atoms with van der Waals surface area (Å²) in [6.45, 7) is 3.06. The summed E-state index contributed by atoms with van der Waals surface area (Å²) < 4.78 is 32.0. The number of hydrogen-bond acceptors (Lipinski definition) is 4. The highest BCUT2D eigenvalue weighted by Gasteiger charge is 2.22. The summed E-state index contributed by atoms with van der Waals surface area (Å²) in [5.74, 6) is -0.0192. The highest BCUT2D eigenvalue weighted by Crippen LogP contribution is 2.29. The third kappa shape index (κ3) is 3.85. The number of nitrogens with zero attached hydrogens (tertiary/aromatic N) is 1. The van der Waals surface area contributed by atoms with Gasteiger partial charge in [-0.25, -0.2) is 13.1 Å². The van der Waals surface area contributed by atoms with Gasteiger partial charge in [0.1, 0.15) is 0 Å². The maximum atomic E-state index is 12.3. The van der Waals surface area contributed by atoms with Gasteiger partial charge in [0.25, 0.3) is 0 Å². The second kappa shape index (κ2) is 7.21. The molecule has 0 fully saturated rings. The van der Waals surface area contributed by atoms with Gasteiger partial charge in [-0.15, -0.1) is 0 Å². The van der Waals surface area contributed by atoms with Crippen LogP contribution in [0.25, 0.3) is 0 Å². The molecule has 1 aromatic rings. The summed E-state index contributed by atoms with van der Waals surface area (Å²) in [4.78, 5) is 13.6. The Morgan fingerprint density at radius 2 is 2.18 bits per heavy atom. The Morgan fingerprint density at radius 1 is 1.41 bits per heavy atom. The lowest BCUT2D eigenvalue weighted by Gasteiger charge is -2.28. The first-order chi connectivity index (χ1) is 10.5. The predicted octanol–water partition coefficient (Wildman–Crippen LogP) is 1.30. The first kappa shape index (κ1) is 16.9. The Balaban J connectivity index is 2.18. The van der Waals surface area contributed by atoms with Crippen molar-refractivity contribution < 1.29 is 17.9 Å². The molecule has 0 spiro atoms. The molecule has 0 atom stereocenters. The van der Waals surface area contributed by atoms with Crippen LogP contribution in [0.1, 0.15) is 25.3 Å². The van der Waals surface area contributed by atoms with Crippen LogP contribution in [0.15, 0.2) is 23.1 Å². The van der Waals surface area contributed by atoms with Crippen molar-refractivity contribution in [2.45, 2.75) is 31.1 Å². The zero-order chi connectivity index (χ0) is 16.2. The van der Waals surface area contributed by atoms with Crippen molar-refractivity contribution >= 4 is 21.6 Å². The fraction of sp³-hybridized carbons (Fsp3) is 0.533. The smallest absolute Gasteiger partial charge is 0.240 e. The lowest BCUT2D eigenvalue weighted by atomic mass is 10.0. The molecule has 7 heteroatoms. The first-order valence-electron chi connectivity index (χ1n) is 7.35. The maximum Gasteiger partial charge on any atom is 0.240 e. The number of benzene rings is 1. The molecule has 0 aromatic heterocycles. The third-order valence-corrected chi connectivity index (χ3v) is 5.14. The van der Waals surface area contributed by atoms with E-state index in [2.05, 4.69) is 4.72 Å². The minimum atomic E-state index is -3.52. The summed E-state index contributed by atoms with van der Waals surface area (Å²) in [6.07, 6.45) is 2.25. The number of anilines is 1. The molecule has 0 saturated carbocycles. The van der Waals surface area contributed by atoms with Gasteiger partial charge in [-0.3, -0.25) is 4.79 Å². The van der Waals surface area contributed by atoms with E-state index in [1.165, 1.54) is 6.92 Å². The molecule has 1 heterocycles. The van der Waals surface area contributed by atoms with Crippen LogP contribution >= 0.6 is 0 Å². The highest BCUT2D eigenvalue weighted by atomic mass is 32.2. The summed E-state index contributed by atoms with van der Waals surface area (Å²) in [6, 6.07) is 4.95. The molecule has 1 amide bonds. The van der Waals surface area contributed by atoms with Crippen LogP contribution in [0.5, 0.6) is 0 Å². The third-order valence-electron chi connectivity index (χ3n) is 3.68. The van der Waals surface area contributed by atoms with Gasteiger partial charge in [0.05, 0.1) is 4.90 Å². The monoisotopic (exact) mass is 326 g/mol. The van der Waals surface area contributed by atoms with Crippen molar-refractivity contribution in [3.63, 3.8) is 0 Å². The molecule has 0 unspecified atom stereocenters. The van der Waals surface area contributed by atoms with Gasteiger partial charge < -0.3 is 9.64 Å². The molecule has 0 radical (unpaired) electrons. The Labute approximate surface area is 131 Å². The van der Waals surface area contributed by atoms with Gasteiger partial charge in [0.15, 0.2) is 0 Å². The second-order valence-corrected chi connectivity index (χ2v) is 7.08. The number of aryl methyl sites for hydroxylation is 1. The molecule has 0 bridgehead atoms. The number of carbonyl (C=O) groups is 1. The molecule has 6 nitrogen and oxygen atoms in total. The number of sulfonamides is 1. The molecule has 2 rings (SSSR count). The zero-order valence-electron chi connectivity index (χ0n) is 13.0. The van der Waals surface area contributed by atoms with E-state index in [4.69, 9.17) is 4.74 Å². The molecule has 0 aliphatic carbocycles. The molecular formula is C15H22N2O4S. The van der Waals surface area contributed by atoms with Gasteiger partial charge >= 0.3 is 0 Å². The number of carbonyl (C=O) groups excluding carboxylic acids is 1. The Kier molecular flexibility index (Phi) is 5.55. The summed E-state index contributed by atoms with van der Waals surface area (Å²) in [5, 5.41) is 0. The van der Waals surface area contributed by atoms with Gasteiger partial charge in [0.2, 0.25) is 15.9 Å². The quantitative estimate of drug-likeness (QED) is 0.800. The van der Waals surface area contributed by atoms with E-state index in [-0.39, 0.29) is 10.8 Å². The van der Waals surface area contributed by atoms with Crippen LogP contribution in [-0.4, -0.2) is 41.1 Å². The van der Waals surface area contributed by atoms with Gasteiger partial charge in [-0.05, 0) is 43.0 Å². The minimum Gasteiger partial charge on any atom is -0.385 e. The molecule has 1 aliphatic heterocycles. The number of amides is 1. The molecule has 122 valence electrons. The number of fused-ring (bicyclic) bond motifs is 1. The van der Waals surface area contributed by atoms with E-state index in [0.717, 1.165) is 24.1 Å². The Bertz CT molecular complexity index is 643. The van der Waals surface area contributed by atoms with Crippen molar-refractivity contribution in [1.82, 2.24) is 4.72 Å². The van der Waals surface area contributed by atoms with Crippen LogP contribution < -0.4 is 9.62 Å². The van der Waals surface area contributed by atoms with E-state index < -0.39 is 10.0 Å². The van der Waals surface area contributed by atoms with Crippen LogP contribution in [0.3, 0.4) is 0 Å². The standard InChI is InChI=1S/C15H22N2O4S/c1-12(18)17-9-3-5-13-11-14(6-7-15(13)17)22(19,20)16-8-4-10-21-2/h6-7,11,16H,3-5,8-10H2,1-2H3. The fourth-order valence-corrected chi connectivity index (χ4v) is 3.70. The first-order valence-corrected chi connectivity index (χ1v) is 8.83. The van der Waals surface area contributed by atoms with Crippen molar-refractivity contribution in [3.8, 4) is 0 Å². The Hall–Kier alpha value is -1.44. The van der Waals surface area contributed by atoms with Gasteiger partial charge in [-0.1, -0.05) is 0 Å². The molecule has 1 aromatic carbocycles. The average molecular weight is 326 g/mol. The lowest BCUT2D eigenvalue weighted by Crippen LogP contribution is -2.33. The largest absolute Gasteiger partial charge is 0.385 e. The van der Waals surface area contributed by atoms with Crippen molar-refractivity contribution in [1.29, 1.82) is 0 Å². The Morgan fingerprint density at radius 3 is 2.86 bits per heavy atom. The van der Waals surface area contributed by atoms with E-state index in [1.54, 1.807) is 30.2 Å². The van der Waals surface area contributed by atoms with E-state index in [0.29, 0.717) is 26.1 Å². The lowest BCUT2D eigenvalue weighted by molar-refractivity contribution is -0.116. The number of methoxy groups -OCH3 is 1. The number of rotatable bonds is 6. The number of ether oxygens (including phenoxy) is 1. The van der Waals surface area contributed by atoms with E-state index >= 15 is 0 Å². The predicted molar refractivity (Wildman–Crippen MR) is 84.5 cm³/mol. The topological polar surface area (TPSA) is 75.7 Å². The normalized spacial score (nSPS) is 14.7. The molecule has 1 aliphatic rings. The summed E-state index contributed by atoms with van der Waals surface area (Å²) >= 11 is 0. The minimum absolute atomic E-state index is 0.0192. The number of nitrogens with one attached hydrogen (secondary N) is 1. The van der Waals surface area contributed by atoms with Crippen LogP contribution in [0, 0.1) is 0 Å². The van der Waals surface area contributed by atoms with Crippen LogP contribution in [0.4, 0.5) is 5.69 Å². The highest BCUT2D eigenvalue weighted by molar-refractivity contribution is 7.89. The van der Waals surface area contributed by atoms with Crippen molar-refractivity contribution in [2.75, 3.05) is 31.7 Å². The van der Waals surface area contributed by atoms with Crippen LogP contribution in [0.2, 0.25) is 0 Å². The average Bonchev–Trinajstić information content (AvgIpc) is 2.50. The number of hydrogen-bond donors (Lipinski definition) is 1. The molecular weight excluding hydrogens is 304 g/mol. The SMILES string of the molecule is COCCCNS(=O)(=O)c1ccc2c(c1)CCCN2C(C)=O. The molecule has 0 saturated heterocycles. The fourth-order valence-electron chi connectivity index (χ4n) is 2.57. The van der Waals surface area contributed by atoms with Crippen LogP contribution in [-0.2, 0) is 26.0 Å². The zero-order valence-corrected chi connectivity index (χ0v) is 13.8. The molecule has 22 heavy (non-hydrogen) atoms. The summed E-state index contributed by atoms with van der Waals surface area (Å²) in [5.41, 5.74) is 1.72. The second-order valence-electron chi connectivity index (χ2n) is 5.31. The maximum absolute atomic E-state index is 12.3. The van der Waals surface area contributed by atoms with E-state index in [9.17, 15) is 13.2 Å². The van der Waals surface area contributed by atoms with Gasteiger partial charge in [-0.2, -0.15) is 0 Å². The van der Waals surface area contributed by atoms with E-state index in [1.807, 2.05) is 0 Å². The van der Waals surface area contributed by atoms with Crippen molar-refractivity contribution in [3.05, 3.63) is 23.8 Å². The van der Waals surface area contributed by atoms with Gasteiger partial charge in [0, 0.05) is 39.4 Å². The summed E-state index contributed by atoms with van der Waals surface area (Å²) in [7, 11) is -1.94. The van der Waals surface area contributed by atoms with Crippen molar-refractivity contribution in [2.24, 2.45) is 0 Å².